The first-order valence-electron chi connectivity index (χ1n) is 14.5. The number of pyridine rings is 1. The number of fused-ring (bicyclic) bond motifs is 2. The molecule has 0 aliphatic carbocycles. The lowest BCUT2D eigenvalue weighted by molar-refractivity contribution is -0.160. The number of hydrogen-bond donors (Lipinski definition) is 2. The number of aliphatic carboxylic acids is 1. The molecule has 4 aromatic rings. The monoisotopic (exact) mass is 587 g/mol. The Labute approximate surface area is 250 Å². The van der Waals surface area contributed by atoms with Crippen LogP contribution in [-0.4, -0.2) is 38.7 Å². The second-order valence-electron chi connectivity index (χ2n) is 12.2. The Hall–Kier alpha value is -4.24. The Morgan fingerprint density at radius 3 is 2.51 bits per heavy atom. The van der Waals surface area contributed by atoms with Crippen molar-refractivity contribution in [3.63, 3.8) is 0 Å². The third-order valence-corrected chi connectivity index (χ3v) is 7.95. The van der Waals surface area contributed by atoms with Crippen LogP contribution >= 0.6 is 0 Å². The minimum absolute atomic E-state index is 0.236. The van der Waals surface area contributed by atoms with Gasteiger partial charge in [-0.15, -0.1) is 0 Å². The molecule has 1 amide bonds. The number of carbonyl (C=O) groups is 2. The Bertz CT molecular complexity index is 1720. The highest BCUT2D eigenvalue weighted by molar-refractivity contribution is 6.04. The summed E-state index contributed by atoms with van der Waals surface area (Å²) in [4.78, 5) is 31.2. The number of carboxylic acid groups (broad SMARTS) is 1. The van der Waals surface area contributed by atoms with Crippen molar-refractivity contribution in [2.45, 2.75) is 72.1 Å². The van der Waals surface area contributed by atoms with Crippen LogP contribution in [0.5, 0.6) is 5.75 Å². The van der Waals surface area contributed by atoms with Crippen molar-refractivity contribution in [2.75, 3.05) is 6.61 Å². The van der Waals surface area contributed by atoms with E-state index in [1.54, 1.807) is 45.4 Å². The van der Waals surface area contributed by atoms with Crippen molar-refractivity contribution in [3.8, 4) is 16.9 Å². The number of carbonyl (C=O) groups excluding carboxylic acids is 1. The van der Waals surface area contributed by atoms with Crippen molar-refractivity contribution in [1.29, 1.82) is 0 Å². The molecule has 0 fully saturated rings. The summed E-state index contributed by atoms with van der Waals surface area (Å²) in [6, 6.07) is 12.5. The molecule has 0 saturated carbocycles. The Morgan fingerprint density at radius 1 is 1.16 bits per heavy atom. The van der Waals surface area contributed by atoms with Gasteiger partial charge in [-0.25, -0.2) is 14.2 Å². The second-order valence-corrected chi connectivity index (χ2v) is 12.2. The molecule has 0 bridgehead atoms. The Balaban J connectivity index is 1.77. The van der Waals surface area contributed by atoms with Gasteiger partial charge in [-0.3, -0.25) is 4.79 Å². The fourth-order valence-corrected chi connectivity index (χ4v) is 5.89. The van der Waals surface area contributed by atoms with Gasteiger partial charge in [0.15, 0.2) is 17.7 Å². The molecule has 9 heteroatoms. The molecule has 0 radical (unpaired) electrons. The standard InChI is InChI=1S/C34H38FN3O5/c1-18-22-14-11-15-42-29(22)25(35)16-23(18)28-24-17-26(32(39)37-19(2)21-12-9-8-10-13-21)38(7)31(24)36-20(3)27(28)30(33(40)41)43-34(4,5)6/h8-10,12-13,16-17,19,30H,11,14-15H2,1-7H3,(H,37,39)(H,40,41)/t19-,30+/m1/s1. The largest absolute Gasteiger partial charge is 0.490 e. The molecule has 0 unspecified atom stereocenters. The Kier molecular flexibility index (Phi) is 8.05. The maximum atomic E-state index is 15.6. The normalized spacial score (nSPS) is 14.6. The number of hydrogen-bond acceptors (Lipinski definition) is 5. The number of amides is 1. The highest BCUT2D eigenvalue weighted by atomic mass is 19.1. The quantitative estimate of drug-likeness (QED) is 0.248. The van der Waals surface area contributed by atoms with Crippen LogP contribution in [0.1, 0.15) is 84.7 Å². The van der Waals surface area contributed by atoms with Gasteiger partial charge < -0.3 is 24.5 Å². The van der Waals surface area contributed by atoms with E-state index in [4.69, 9.17) is 14.5 Å². The van der Waals surface area contributed by atoms with E-state index < -0.39 is 23.5 Å². The fraction of sp³-hybridized carbons (Fsp3) is 0.382. The van der Waals surface area contributed by atoms with Crippen LogP contribution < -0.4 is 10.1 Å². The van der Waals surface area contributed by atoms with Crippen LogP contribution in [0.2, 0.25) is 0 Å². The maximum absolute atomic E-state index is 15.6. The van der Waals surface area contributed by atoms with Gasteiger partial charge in [0.1, 0.15) is 11.3 Å². The van der Waals surface area contributed by atoms with E-state index in [2.05, 4.69) is 5.32 Å². The van der Waals surface area contributed by atoms with Gasteiger partial charge in [0.2, 0.25) is 0 Å². The molecule has 2 aromatic heterocycles. The number of nitrogens with zero attached hydrogens (tertiary/aromatic N) is 2. The summed E-state index contributed by atoms with van der Waals surface area (Å²) in [6.45, 7) is 11.3. The molecule has 8 nitrogen and oxygen atoms in total. The molecule has 1 aliphatic heterocycles. The summed E-state index contributed by atoms with van der Waals surface area (Å²) >= 11 is 0. The molecule has 226 valence electrons. The molecule has 2 N–H and O–H groups in total. The van der Waals surface area contributed by atoms with E-state index in [1.807, 2.05) is 44.2 Å². The van der Waals surface area contributed by atoms with Crippen LogP contribution in [0.3, 0.4) is 0 Å². The SMILES string of the molecule is Cc1nc2c(cc(C(=O)N[C@H](C)c3ccccc3)n2C)c(-c2cc(F)c3c(c2C)CCCO3)c1[C@H](OC(C)(C)C)C(=O)O. The number of rotatable bonds is 7. The first kappa shape index (κ1) is 30.2. The highest BCUT2D eigenvalue weighted by Gasteiger charge is 2.35. The Morgan fingerprint density at radius 2 is 1.86 bits per heavy atom. The lowest BCUT2D eigenvalue weighted by Crippen LogP contribution is -2.28. The molecule has 5 rings (SSSR count). The molecule has 0 saturated heterocycles. The highest BCUT2D eigenvalue weighted by Crippen LogP contribution is 2.44. The lowest BCUT2D eigenvalue weighted by atomic mass is 9.86. The van der Waals surface area contributed by atoms with Gasteiger partial charge in [-0.1, -0.05) is 30.3 Å². The molecular formula is C34H38FN3O5. The number of aryl methyl sites for hydroxylation is 2. The minimum atomic E-state index is -1.39. The first-order valence-corrected chi connectivity index (χ1v) is 14.5. The summed E-state index contributed by atoms with van der Waals surface area (Å²) < 4.78 is 29.1. The molecule has 1 aliphatic rings. The van der Waals surface area contributed by atoms with Crippen LogP contribution in [-0.2, 0) is 23.0 Å². The molecule has 2 aromatic carbocycles. The summed E-state index contributed by atoms with van der Waals surface area (Å²) in [5, 5.41) is 14.0. The average Bonchev–Trinajstić information content (AvgIpc) is 3.29. The predicted molar refractivity (Wildman–Crippen MR) is 163 cm³/mol. The second kappa shape index (κ2) is 11.4. The average molecular weight is 588 g/mol. The minimum Gasteiger partial charge on any atom is -0.490 e. The van der Waals surface area contributed by atoms with Crippen LogP contribution in [0.4, 0.5) is 4.39 Å². The van der Waals surface area contributed by atoms with E-state index in [0.29, 0.717) is 52.1 Å². The van der Waals surface area contributed by atoms with E-state index in [1.165, 1.54) is 6.07 Å². The van der Waals surface area contributed by atoms with Crippen LogP contribution in [0, 0.1) is 19.7 Å². The van der Waals surface area contributed by atoms with Crippen LogP contribution in [0.15, 0.2) is 42.5 Å². The molecular weight excluding hydrogens is 549 g/mol. The van der Waals surface area contributed by atoms with Crippen molar-refractivity contribution < 1.29 is 28.6 Å². The fourth-order valence-electron chi connectivity index (χ4n) is 5.89. The molecule has 0 spiro atoms. The van der Waals surface area contributed by atoms with Gasteiger partial charge in [-0.05, 0) is 83.2 Å². The number of carboxylic acids is 1. The number of halogens is 1. The molecule has 2 atom stereocenters. The van der Waals surface area contributed by atoms with Gasteiger partial charge in [0.25, 0.3) is 5.91 Å². The third-order valence-electron chi connectivity index (χ3n) is 7.95. The number of nitrogens with one attached hydrogen (secondary N) is 1. The topological polar surface area (TPSA) is 103 Å². The number of ether oxygens (including phenoxy) is 2. The van der Waals surface area contributed by atoms with Gasteiger partial charge in [0, 0.05) is 34.8 Å². The van der Waals surface area contributed by atoms with Crippen molar-refractivity contribution in [3.05, 3.63) is 81.9 Å². The summed E-state index contributed by atoms with van der Waals surface area (Å²) in [5.74, 6) is -1.78. The predicted octanol–water partition coefficient (Wildman–Crippen LogP) is 6.75. The van der Waals surface area contributed by atoms with E-state index >= 15 is 4.39 Å². The zero-order valence-electron chi connectivity index (χ0n) is 25.7. The molecule has 3 heterocycles. The van der Waals surface area contributed by atoms with E-state index in [-0.39, 0.29) is 17.7 Å². The summed E-state index contributed by atoms with van der Waals surface area (Å²) in [6.07, 6.45) is -0.0128. The van der Waals surface area contributed by atoms with Gasteiger partial charge >= 0.3 is 5.97 Å². The lowest BCUT2D eigenvalue weighted by Gasteiger charge is -2.29. The summed E-state index contributed by atoms with van der Waals surface area (Å²) in [5.41, 5.74) is 4.25. The number of benzene rings is 2. The van der Waals surface area contributed by atoms with E-state index in [0.717, 1.165) is 23.1 Å². The van der Waals surface area contributed by atoms with Gasteiger partial charge in [-0.2, -0.15) is 0 Å². The van der Waals surface area contributed by atoms with Crippen molar-refractivity contribution >= 4 is 22.9 Å². The number of aromatic nitrogens is 2. The summed E-state index contributed by atoms with van der Waals surface area (Å²) in [7, 11) is 1.74. The van der Waals surface area contributed by atoms with Crippen molar-refractivity contribution in [2.24, 2.45) is 7.05 Å². The van der Waals surface area contributed by atoms with E-state index in [9.17, 15) is 14.7 Å². The maximum Gasteiger partial charge on any atom is 0.337 e. The van der Waals surface area contributed by atoms with Crippen LogP contribution in [0.25, 0.3) is 22.2 Å². The van der Waals surface area contributed by atoms with Crippen molar-refractivity contribution in [1.82, 2.24) is 14.9 Å². The first-order chi connectivity index (χ1) is 20.3. The zero-order chi connectivity index (χ0) is 31.2. The zero-order valence-corrected chi connectivity index (χ0v) is 25.7. The smallest absolute Gasteiger partial charge is 0.337 e. The van der Waals surface area contributed by atoms with Gasteiger partial charge in [0.05, 0.1) is 18.2 Å². The third kappa shape index (κ3) is 5.73. The molecule has 43 heavy (non-hydrogen) atoms.